The number of phenolic OH excluding ortho intramolecular Hbond substituents is 1. The Bertz CT molecular complexity index is 295. The molecule has 16 heavy (non-hydrogen) atoms. The van der Waals surface area contributed by atoms with Crippen LogP contribution in [0.3, 0.4) is 0 Å². The van der Waals surface area contributed by atoms with E-state index in [1.54, 1.807) is 12.1 Å². The van der Waals surface area contributed by atoms with E-state index >= 15 is 0 Å². The Morgan fingerprint density at radius 1 is 1.19 bits per heavy atom. The molecular weight excluding hydrogens is 202 g/mol. The summed E-state index contributed by atoms with van der Waals surface area (Å²) in [6, 6.07) is 7.54. The minimum absolute atomic E-state index is 0.274. The third kappa shape index (κ3) is 4.64. The van der Waals surface area contributed by atoms with E-state index in [1.165, 1.54) is 5.56 Å². The normalized spacial score (nSPS) is 13.0. The summed E-state index contributed by atoms with van der Waals surface area (Å²) < 4.78 is 5.44. The zero-order valence-electron chi connectivity index (χ0n) is 10.2. The van der Waals surface area contributed by atoms with Crippen molar-refractivity contribution in [1.29, 1.82) is 0 Å². The first-order valence-electron chi connectivity index (χ1n) is 5.73. The molecule has 1 aromatic rings. The maximum atomic E-state index is 9.17. The highest BCUT2D eigenvalue weighted by atomic mass is 16.5. The Labute approximate surface area is 97.4 Å². The number of aromatic hydroxyl groups is 1. The smallest absolute Gasteiger partial charge is 0.115 e. The summed E-state index contributed by atoms with van der Waals surface area (Å²) in [4.78, 5) is 0. The lowest BCUT2D eigenvalue weighted by Crippen LogP contribution is -2.24. The fraction of sp³-hybridized carbons (Fsp3) is 0.538. The van der Waals surface area contributed by atoms with Crippen LogP contribution in [0.4, 0.5) is 0 Å². The molecule has 3 nitrogen and oxygen atoms in total. The summed E-state index contributed by atoms with van der Waals surface area (Å²) in [6.07, 6.45) is 0.283. The molecule has 2 N–H and O–H groups in total. The highest BCUT2D eigenvalue weighted by Crippen LogP contribution is 2.15. The Kier molecular flexibility index (Phi) is 5.29. The monoisotopic (exact) mass is 223 g/mol. The van der Waals surface area contributed by atoms with Gasteiger partial charge in [0.1, 0.15) is 5.75 Å². The van der Waals surface area contributed by atoms with Crippen LogP contribution >= 0.6 is 0 Å². The second kappa shape index (κ2) is 6.51. The molecule has 0 amide bonds. The number of benzene rings is 1. The largest absolute Gasteiger partial charge is 0.508 e. The van der Waals surface area contributed by atoms with Crippen LogP contribution in [0.5, 0.6) is 5.75 Å². The molecule has 0 bridgehead atoms. The molecule has 90 valence electrons. The van der Waals surface area contributed by atoms with Crippen LogP contribution in [-0.2, 0) is 4.74 Å². The van der Waals surface area contributed by atoms with Crippen LogP contribution in [0.15, 0.2) is 24.3 Å². The molecule has 0 saturated heterocycles. The van der Waals surface area contributed by atoms with E-state index in [-0.39, 0.29) is 12.1 Å². The van der Waals surface area contributed by atoms with Crippen LogP contribution < -0.4 is 5.32 Å². The molecule has 0 fully saturated rings. The van der Waals surface area contributed by atoms with Crippen LogP contribution in [0.25, 0.3) is 0 Å². The summed E-state index contributed by atoms with van der Waals surface area (Å²) in [5.74, 6) is 0.305. The SMILES string of the molecule is CC(C)OCCNC(C)c1ccc(O)cc1. The minimum Gasteiger partial charge on any atom is -0.508 e. The van der Waals surface area contributed by atoms with Gasteiger partial charge in [-0.05, 0) is 38.5 Å². The first-order valence-corrected chi connectivity index (χ1v) is 5.73. The predicted octanol–water partition coefficient (Wildman–Crippen LogP) is 2.47. The van der Waals surface area contributed by atoms with Crippen molar-refractivity contribution < 1.29 is 9.84 Å². The van der Waals surface area contributed by atoms with Gasteiger partial charge in [0.15, 0.2) is 0 Å². The highest BCUT2D eigenvalue weighted by molar-refractivity contribution is 5.27. The Balaban J connectivity index is 2.29. The van der Waals surface area contributed by atoms with Crippen molar-refractivity contribution in [2.75, 3.05) is 13.2 Å². The molecule has 1 atom stereocenters. The molecule has 0 heterocycles. The predicted molar refractivity (Wildman–Crippen MR) is 65.6 cm³/mol. The van der Waals surface area contributed by atoms with Gasteiger partial charge in [0.2, 0.25) is 0 Å². The minimum atomic E-state index is 0.274. The number of hydrogen-bond acceptors (Lipinski definition) is 3. The lowest BCUT2D eigenvalue weighted by Gasteiger charge is -2.15. The van der Waals surface area contributed by atoms with Crippen molar-refractivity contribution in [2.24, 2.45) is 0 Å². The van der Waals surface area contributed by atoms with Gasteiger partial charge in [0, 0.05) is 12.6 Å². The van der Waals surface area contributed by atoms with Crippen LogP contribution in [-0.4, -0.2) is 24.4 Å². The summed E-state index contributed by atoms with van der Waals surface area (Å²) in [6.45, 7) is 7.72. The van der Waals surface area contributed by atoms with E-state index in [9.17, 15) is 5.11 Å². The average molecular weight is 223 g/mol. The lowest BCUT2D eigenvalue weighted by molar-refractivity contribution is 0.0796. The van der Waals surface area contributed by atoms with Crippen molar-refractivity contribution >= 4 is 0 Å². The van der Waals surface area contributed by atoms with Gasteiger partial charge in [-0.3, -0.25) is 0 Å². The van der Waals surface area contributed by atoms with E-state index in [0.717, 1.165) is 13.2 Å². The van der Waals surface area contributed by atoms with Gasteiger partial charge in [0.25, 0.3) is 0 Å². The third-order valence-electron chi connectivity index (χ3n) is 2.40. The number of ether oxygens (including phenoxy) is 1. The van der Waals surface area contributed by atoms with E-state index in [0.29, 0.717) is 5.75 Å². The Morgan fingerprint density at radius 2 is 1.81 bits per heavy atom. The summed E-state index contributed by atoms with van der Waals surface area (Å²) >= 11 is 0. The molecule has 0 radical (unpaired) electrons. The molecule has 0 aliphatic heterocycles. The molecule has 0 aliphatic rings. The van der Waals surface area contributed by atoms with Gasteiger partial charge in [-0.1, -0.05) is 12.1 Å². The first kappa shape index (κ1) is 13.0. The van der Waals surface area contributed by atoms with Crippen molar-refractivity contribution in [3.63, 3.8) is 0 Å². The first-order chi connectivity index (χ1) is 7.59. The fourth-order valence-electron chi connectivity index (χ4n) is 1.45. The molecule has 1 unspecified atom stereocenters. The molecular formula is C13H21NO2. The van der Waals surface area contributed by atoms with Crippen molar-refractivity contribution in [1.82, 2.24) is 5.32 Å². The van der Waals surface area contributed by atoms with Crippen molar-refractivity contribution in [3.8, 4) is 5.75 Å². The average Bonchev–Trinajstić information content (AvgIpc) is 2.25. The molecule has 0 aromatic heterocycles. The Morgan fingerprint density at radius 3 is 2.38 bits per heavy atom. The van der Waals surface area contributed by atoms with E-state index < -0.39 is 0 Å². The zero-order chi connectivity index (χ0) is 12.0. The van der Waals surface area contributed by atoms with Gasteiger partial charge in [0.05, 0.1) is 12.7 Å². The summed E-state index contributed by atoms with van der Waals surface area (Å²) in [5, 5.41) is 12.5. The van der Waals surface area contributed by atoms with Gasteiger partial charge in [-0.15, -0.1) is 0 Å². The van der Waals surface area contributed by atoms with Gasteiger partial charge < -0.3 is 15.2 Å². The number of rotatable bonds is 6. The second-order valence-electron chi connectivity index (χ2n) is 4.19. The maximum absolute atomic E-state index is 9.17. The number of nitrogens with one attached hydrogen (secondary N) is 1. The molecule has 0 aliphatic carbocycles. The summed E-state index contributed by atoms with van der Waals surface area (Å²) in [5.41, 5.74) is 1.17. The Hall–Kier alpha value is -1.06. The standard InChI is InChI=1S/C13H21NO2/c1-10(2)16-9-8-14-11(3)12-4-6-13(15)7-5-12/h4-7,10-11,14-15H,8-9H2,1-3H3. The highest BCUT2D eigenvalue weighted by Gasteiger charge is 2.04. The van der Waals surface area contributed by atoms with E-state index in [2.05, 4.69) is 12.2 Å². The molecule has 1 rings (SSSR count). The van der Waals surface area contributed by atoms with E-state index in [4.69, 9.17) is 4.74 Å². The second-order valence-corrected chi connectivity index (χ2v) is 4.19. The molecule has 3 heteroatoms. The molecule has 1 aromatic carbocycles. The number of hydrogen-bond donors (Lipinski definition) is 2. The van der Waals surface area contributed by atoms with Crippen LogP contribution in [0.1, 0.15) is 32.4 Å². The lowest BCUT2D eigenvalue weighted by atomic mass is 10.1. The molecule has 0 spiro atoms. The molecule has 0 saturated carbocycles. The maximum Gasteiger partial charge on any atom is 0.115 e. The quantitative estimate of drug-likeness (QED) is 0.728. The van der Waals surface area contributed by atoms with E-state index in [1.807, 2.05) is 26.0 Å². The van der Waals surface area contributed by atoms with Gasteiger partial charge in [-0.2, -0.15) is 0 Å². The topological polar surface area (TPSA) is 41.5 Å². The zero-order valence-corrected chi connectivity index (χ0v) is 10.2. The van der Waals surface area contributed by atoms with Gasteiger partial charge >= 0.3 is 0 Å². The van der Waals surface area contributed by atoms with Crippen molar-refractivity contribution in [3.05, 3.63) is 29.8 Å². The third-order valence-corrected chi connectivity index (χ3v) is 2.40. The summed E-state index contributed by atoms with van der Waals surface area (Å²) in [7, 11) is 0. The van der Waals surface area contributed by atoms with Crippen molar-refractivity contribution in [2.45, 2.75) is 32.9 Å². The van der Waals surface area contributed by atoms with Crippen LogP contribution in [0.2, 0.25) is 0 Å². The van der Waals surface area contributed by atoms with Gasteiger partial charge in [-0.25, -0.2) is 0 Å². The fourth-order valence-corrected chi connectivity index (χ4v) is 1.45. The number of phenols is 1. The van der Waals surface area contributed by atoms with Crippen LogP contribution in [0, 0.1) is 0 Å².